The molecule has 2 heterocycles. The molecule has 0 amide bonds. The van der Waals surface area contributed by atoms with Gasteiger partial charge in [0.2, 0.25) is 0 Å². The monoisotopic (exact) mass is 494 g/mol. The van der Waals surface area contributed by atoms with Gasteiger partial charge in [0.05, 0.1) is 6.61 Å². The molecule has 0 bridgehead atoms. The fourth-order valence-corrected chi connectivity index (χ4v) is 5.14. The fraction of sp³-hybridized carbons (Fsp3) is 0.600. The van der Waals surface area contributed by atoms with Crippen LogP contribution in [0.2, 0.25) is 0 Å². The summed E-state index contributed by atoms with van der Waals surface area (Å²) in [5.74, 6) is 1.99. The SMILES string of the molecule is CCc1cccc(OCC(CCc2cccc(OCCCN3CCNCC3)c2)N2CCN(C)CC2)c1. The minimum atomic E-state index is 0.410. The lowest BCUT2D eigenvalue weighted by molar-refractivity contribution is 0.0774. The minimum absolute atomic E-state index is 0.410. The van der Waals surface area contributed by atoms with Gasteiger partial charge in [0.1, 0.15) is 18.1 Å². The van der Waals surface area contributed by atoms with Gasteiger partial charge in [-0.3, -0.25) is 4.90 Å². The van der Waals surface area contributed by atoms with Gasteiger partial charge in [0.25, 0.3) is 0 Å². The third-order valence-corrected chi connectivity index (χ3v) is 7.57. The van der Waals surface area contributed by atoms with Crippen LogP contribution in [0, 0.1) is 0 Å². The summed E-state index contributed by atoms with van der Waals surface area (Å²) in [5.41, 5.74) is 2.68. The van der Waals surface area contributed by atoms with Crippen LogP contribution < -0.4 is 14.8 Å². The standard InChI is InChI=1S/C30H46N4O2/c1-3-26-7-4-10-30(23-26)36-25-28(34-20-18-32(2)19-21-34)12-11-27-8-5-9-29(24-27)35-22-6-15-33-16-13-31-14-17-33/h4-5,7-10,23-24,28,31H,3,6,11-22,25H2,1-2H3. The van der Waals surface area contributed by atoms with E-state index in [1.807, 2.05) is 0 Å². The molecule has 1 N–H and O–H groups in total. The highest BCUT2D eigenvalue weighted by atomic mass is 16.5. The average molecular weight is 495 g/mol. The van der Waals surface area contributed by atoms with Gasteiger partial charge in [-0.1, -0.05) is 31.2 Å². The van der Waals surface area contributed by atoms with Crippen LogP contribution in [0.1, 0.15) is 30.9 Å². The number of nitrogens with zero attached hydrogens (tertiary/aromatic N) is 3. The van der Waals surface area contributed by atoms with Crippen molar-refractivity contribution in [1.82, 2.24) is 20.0 Å². The molecule has 6 heteroatoms. The molecular weight excluding hydrogens is 448 g/mol. The summed E-state index contributed by atoms with van der Waals surface area (Å²) >= 11 is 0. The second kappa shape index (κ2) is 14.6. The Bertz CT molecular complexity index is 894. The maximum atomic E-state index is 6.33. The summed E-state index contributed by atoms with van der Waals surface area (Å²) in [4.78, 5) is 7.57. The van der Waals surface area contributed by atoms with Crippen LogP contribution in [0.4, 0.5) is 0 Å². The third-order valence-electron chi connectivity index (χ3n) is 7.57. The average Bonchev–Trinajstić information content (AvgIpc) is 2.93. The van der Waals surface area contributed by atoms with Crippen molar-refractivity contribution in [1.29, 1.82) is 0 Å². The molecule has 36 heavy (non-hydrogen) atoms. The minimum Gasteiger partial charge on any atom is -0.494 e. The fourth-order valence-electron chi connectivity index (χ4n) is 5.14. The first-order chi connectivity index (χ1) is 17.7. The molecule has 0 saturated carbocycles. The van der Waals surface area contributed by atoms with Crippen molar-refractivity contribution >= 4 is 0 Å². The molecule has 0 aliphatic carbocycles. The van der Waals surface area contributed by atoms with E-state index < -0.39 is 0 Å². The zero-order valence-corrected chi connectivity index (χ0v) is 22.5. The lowest BCUT2D eigenvalue weighted by Gasteiger charge is -2.38. The van der Waals surface area contributed by atoms with Gasteiger partial charge >= 0.3 is 0 Å². The van der Waals surface area contributed by atoms with Crippen LogP contribution in [0.5, 0.6) is 11.5 Å². The Hall–Kier alpha value is -2.12. The second-order valence-electron chi connectivity index (χ2n) is 10.3. The van der Waals surface area contributed by atoms with Crippen LogP contribution in [-0.4, -0.2) is 99.9 Å². The van der Waals surface area contributed by atoms with Crippen LogP contribution in [-0.2, 0) is 12.8 Å². The number of ether oxygens (including phenoxy) is 2. The summed E-state index contributed by atoms with van der Waals surface area (Å²) in [5, 5.41) is 3.41. The van der Waals surface area contributed by atoms with Crippen LogP contribution in [0.3, 0.4) is 0 Å². The topological polar surface area (TPSA) is 40.2 Å². The molecule has 2 aliphatic heterocycles. The molecule has 0 spiro atoms. The summed E-state index contributed by atoms with van der Waals surface area (Å²) in [6, 6.07) is 17.7. The maximum absolute atomic E-state index is 6.33. The third kappa shape index (κ3) is 8.77. The van der Waals surface area contributed by atoms with E-state index >= 15 is 0 Å². The molecule has 198 valence electrons. The Morgan fingerprint density at radius 3 is 2.31 bits per heavy atom. The maximum Gasteiger partial charge on any atom is 0.119 e. The number of piperazine rings is 2. The predicted molar refractivity (Wildman–Crippen MR) is 148 cm³/mol. The number of benzene rings is 2. The van der Waals surface area contributed by atoms with Crippen molar-refractivity contribution in [2.24, 2.45) is 0 Å². The summed E-state index contributed by atoms with van der Waals surface area (Å²) < 4.78 is 12.4. The summed E-state index contributed by atoms with van der Waals surface area (Å²) in [6.45, 7) is 13.8. The van der Waals surface area contributed by atoms with E-state index in [2.05, 4.69) is 82.5 Å². The number of hydrogen-bond acceptors (Lipinski definition) is 6. The van der Waals surface area contributed by atoms with Crippen LogP contribution in [0.25, 0.3) is 0 Å². The summed E-state index contributed by atoms with van der Waals surface area (Å²) in [7, 11) is 2.22. The molecular formula is C30H46N4O2. The van der Waals surface area contributed by atoms with E-state index in [9.17, 15) is 0 Å². The van der Waals surface area contributed by atoms with Crippen LogP contribution in [0.15, 0.2) is 48.5 Å². The molecule has 1 atom stereocenters. The lowest BCUT2D eigenvalue weighted by atomic mass is 10.0. The Morgan fingerprint density at radius 2 is 1.56 bits per heavy atom. The van der Waals surface area contributed by atoms with Gasteiger partial charge in [-0.15, -0.1) is 0 Å². The molecule has 4 rings (SSSR count). The van der Waals surface area contributed by atoms with E-state index in [1.54, 1.807) is 0 Å². The number of likely N-dealkylation sites (N-methyl/N-ethyl adjacent to an activating group) is 1. The number of hydrogen-bond donors (Lipinski definition) is 1. The molecule has 2 fully saturated rings. The zero-order chi connectivity index (χ0) is 25.0. The zero-order valence-electron chi connectivity index (χ0n) is 22.5. The highest BCUT2D eigenvalue weighted by Gasteiger charge is 2.23. The molecule has 2 aliphatic rings. The van der Waals surface area contributed by atoms with E-state index in [0.29, 0.717) is 6.04 Å². The van der Waals surface area contributed by atoms with Gasteiger partial charge in [-0.25, -0.2) is 0 Å². The van der Waals surface area contributed by atoms with E-state index in [0.717, 1.165) is 109 Å². The molecule has 2 saturated heterocycles. The largest absolute Gasteiger partial charge is 0.494 e. The van der Waals surface area contributed by atoms with Crippen molar-refractivity contribution in [3.8, 4) is 11.5 Å². The first-order valence-electron chi connectivity index (χ1n) is 14.0. The number of rotatable bonds is 13. The highest BCUT2D eigenvalue weighted by molar-refractivity contribution is 5.29. The first kappa shape index (κ1) is 26.9. The van der Waals surface area contributed by atoms with Crippen molar-refractivity contribution in [2.75, 3.05) is 79.2 Å². The van der Waals surface area contributed by atoms with Gasteiger partial charge in [-0.2, -0.15) is 0 Å². The van der Waals surface area contributed by atoms with E-state index in [1.165, 1.54) is 11.1 Å². The van der Waals surface area contributed by atoms with Crippen molar-refractivity contribution < 1.29 is 9.47 Å². The Kier molecular flexibility index (Phi) is 10.9. The highest BCUT2D eigenvalue weighted by Crippen LogP contribution is 2.20. The Labute approximate surface area is 218 Å². The first-order valence-corrected chi connectivity index (χ1v) is 14.0. The smallest absolute Gasteiger partial charge is 0.119 e. The quantitative estimate of drug-likeness (QED) is 0.430. The second-order valence-corrected chi connectivity index (χ2v) is 10.3. The van der Waals surface area contributed by atoms with Gasteiger partial charge < -0.3 is 24.6 Å². The Balaban J connectivity index is 1.28. The Morgan fingerprint density at radius 1 is 0.861 bits per heavy atom. The number of aryl methyl sites for hydroxylation is 2. The van der Waals surface area contributed by atoms with Gasteiger partial charge in [-0.05, 0) is 68.1 Å². The van der Waals surface area contributed by atoms with E-state index in [-0.39, 0.29) is 0 Å². The molecule has 0 radical (unpaired) electrons. The van der Waals surface area contributed by atoms with Crippen molar-refractivity contribution in [3.63, 3.8) is 0 Å². The van der Waals surface area contributed by atoms with Gasteiger partial charge in [0, 0.05) is 64.9 Å². The molecule has 0 aromatic heterocycles. The molecule has 2 aromatic rings. The normalized spacial score (nSPS) is 18.7. The number of nitrogens with one attached hydrogen (secondary N) is 1. The summed E-state index contributed by atoms with van der Waals surface area (Å²) in [6.07, 6.45) is 4.23. The predicted octanol–water partition coefficient (Wildman–Crippen LogP) is 3.55. The van der Waals surface area contributed by atoms with Crippen molar-refractivity contribution in [3.05, 3.63) is 59.7 Å². The van der Waals surface area contributed by atoms with E-state index in [4.69, 9.17) is 9.47 Å². The molecule has 2 aromatic carbocycles. The van der Waals surface area contributed by atoms with Crippen molar-refractivity contribution in [2.45, 2.75) is 38.6 Å². The van der Waals surface area contributed by atoms with Gasteiger partial charge in [0.15, 0.2) is 0 Å². The molecule has 6 nitrogen and oxygen atoms in total. The molecule has 1 unspecified atom stereocenters. The van der Waals surface area contributed by atoms with Crippen LogP contribution >= 0.6 is 0 Å². The lowest BCUT2D eigenvalue weighted by Crippen LogP contribution is -2.50.